The first-order chi connectivity index (χ1) is 13.6. The molecular formula is C25H32N2O2. The number of carbonyl (C=O) groups is 2. The minimum atomic E-state index is -0.929. The summed E-state index contributed by atoms with van der Waals surface area (Å²) in [5, 5.41) is 2.98. The third-order valence-corrected chi connectivity index (χ3v) is 5.68. The van der Waals surface area contributed by atoms with E-state index in [2.05, 4.69) is 26.1 Å². The first-order valence-electron chi connectivity index (χ1n) is 10.4. The molecule has 4 heteroatoms. The first kappa shape index (κ1) is 21.1. The Morgan fingerprint density at radius 3 is 2.07 bits per heavy atom. The number of rotatable bonds is 6. The lowest BCUT2D eigenvalue weighted by molar-refractivity contribution is -0.144. The molecule has 0 radical (unpaired) electrons. The average molecular weight is 393 g/mol. The van der Waals surface area contributed by atoms with E-state index in [-0.39, 0.29) is 23.3 Å². The summed E-state index contributed by atoms with van der Waals surface area (Å²) in [6, 6.07) is 17.9. The molecule has 1 fully saturated rings. The van der Waals surface area contributed by atoms with E-state index in [0.717, 1.165) is 11.3 Å². The molecule has 3 rings (SSSR count). The highest BCUT2D eigenvalue weighted by Gasteiger charge is 2.58. The van der Waals surface area contributed by atoms with Gasteiger partial charge in [-0.05, 0) is 55.4 Å². The highest BCUT2D eigenvalue weighted by atomic mass is 16.2. The maximum Gasteiger partial charge on any atom is 0.240 e. The van der Waals surface area contributed by atoms with Crippen molar-refractivity contribution in [3.05, 3.63) is 65.7 Å². The predicted molar refractivity (Wildman–Crippen MR) is 118 cm³/mol. The van der Waals surface area contributed by atoms with Crippen molar-refractivity contribution in [3.63, 3.8) is 0 Å². The summed E-state index contributed by atoms with van der Waals surface area (Å²) in [5.74, 6) is -0.259. The fourth-order valence-corrected chi connectivity index (χ4v) is 3.51. The van der Waals surface area contributed by atoms with Gasteiger partial charge in [-0.2, -0.15) is 0 Å². The Labute approximate surface area is 174 Å². The van der Waals surface area contributed by atoms with Gasteiger partial charge in [0.25, 0.3) is 0 Å². The Morgan fingerprint density at radius 2 is 1.59 bits per heavy atom. The van der Waals surface area contributed by atoms with E-state index < -0.39 is 5.41 Å². The monoisotopic (exact) mass is 392 g/mol. The summed E-state index contributed by atoms with van der Waals surface area (Å²) >= 11 is 0. The minimum absolute atomic E-state index is 0.0269. The Kier molecular flexibility index (Phi) is 5.83. The summed E-state index contributed by atoms with van der Waals surface area (Å²) in [4.78, 5) is 28.2. The molecular weight excluding hydrogens is 360 g/mol. The van der Waals surface area contributed by atoms with E-state index in [1.54, 1.807) is 0 Å². The summed E-state index contributed by atoms with van der Waals surface area (Å²) in [6.07, 6.45) is 1.21. The normalized spacial score (nSPS) is 15.1. The van der Waals surface area contributed by atoms with Crippen LogP contribution in [0.3, 0.4) is 0 Å². The van der Waals surface area contributed by atoms with E-state index in [4.69, 9.17) is 0 Å². The van der Waals surface area contributed by atoms with Gasteiger partial charge >= 0.3 is 0 Å². The molecule has 1 aliphatic carbocycles. The summed E-state index contributed by atoms with van der Waals surface area (Å²) in [5.41, 5.74) is 2.15. The van der Waals surface area contributed by atoms with Crippen LogP contribution in [0.15, 0.2) is 54.6 Å². The van der Waals surface area contributed by atoms with Crippen molar-refractivity contribution in [2.24, 2.45) is 5.41 Å². The molecule has 154 valence electrons. The molecule has 0 spiro atoms. The molecule has 0 bridgehead atoms. The van der Waals surface area contributed by atoms with Gasteiger partial charge in [0.05, 0.1) is 0 Å². The largest absolute Gasteiger partial charge is 0.335 e. The van der Waals surface area contributed by atoms with E-state index in [1.807, 2.05) is 73.3 Å². The van der Waals surface area contributed by atoms with Gasteiger partial charge in [-0.3, -0.25) is 9.59 Å². The Bertz CT molecular complexity index is 860. The van der Waals surface area contributed by atoms with E-state index in [9.17, 15) is 9.59 Å². The second-order valence-corrected chi connectivity index (χ2v) is 9.38. The molecule has 1 aliphatic rings. The number of hydrogen-bond acceptors (Lipinski definition) is 2. The number of amides is 2. The molecule has 0 heterocycles. The van der Waals surface area contributed by atoms with Gasteiger partial charge in [0.2, 0.25) is 11.8 Å². The molecule has 0 unspecified atom stereocenters. The molecule has 0 saturated heterocycles. The van der Waals surface area contributed by atoms with Crippen LogP contribution in [0, 0.1) is 5.41 Å². The maximum absolute atomic E-state index is 13.4. The van der Waals surface area contributed by atoms with Gasteiger partial charge in [-0.25, -0.2) is 0 Å². The molecule has 0 aromatic heterocycles. The SMILES string of the molecule is CC(C)N(Cc1ccccc1)C(=O)C1(C(=O)Nc2ccc(C(C)(C)C)cc2)CC1. The van der Waals surface area contributed by atoms with Crippen LogP contribution in [0.4, 0.5) is 5.69 Å². The zero-order valence-corrected chi connectivity index (χ0v) is 18.2. The van der Waals surface area contributed by atoms with E-state index in [1.165, 1.54) is 5.56 Å². The van der Waals surface area contributed by atoms with Crippen LogP contribution in [-0.2, 0) is 21.5 Å². The van der Waals surface area contributed by atoms with Crippen molar-refractivity contribution < 1.29 is 9.59 Å². The van der Waals surface area contributed by atoms with Gasteiger partial charge in [0.1, 0.15) is 5.41 Å². The van der Waals surface area contributed by atoms with Crippen molar-refractivity contribution in [2.45, 2.75) is 65.5 Å². The van der Waals surface area contributed by atoms with Crippen molar-refractivity contribution in [1.29, 1.82) is 0 Å². The average Bonchev–Trinajstić information content (AvgIpc) is 3.48. The van der Waals surface area contributed by atoms with Crippen LogP contribution in [0.25, 0.3) is 0 Å². The van der Waals surface area contributed by atoms with Crippen molar-refractivity contribution >= 4 is 17.5 Å². The van der Waals surface area contributed by atoms with Gasteiger partial charge in [-0.15, -0.1) is 0 Å². The standard InChI is InChI=1S/C25H32N2O2/c1-18(2)27(17-19-9-7-6-8-10-19)23(29)25(15-16-25)22(28)26-21-13-11-20(12-14-21)24(3,4)5/h6-14,18H,15-17H2,1-5H3,(H,26,28). The fraction of sp³-hybridized carbons (Fsp3) is 0.440. The van der Waals surface area contributed by atoms with E-state index >= 15 is 0 Å². The number of carbonyl (C=O) groups excluding carboxylic acids is 2. The summed E-state index contributed by atoms with van der Waals surface area (Å²) < 4.78 is 0. The lowest BCUT2D eigenvalue weighted by Gasteiger charge is -2.30. The van der Waals surface area contributed by atoms with Gasteiger partial charge in [0.15, 0.2) is 0 Å². The second-order valence-electron chi connectivity index (χ2n) is 9.38. The zero-order chi connectivity index (χ0) is 21.2. The predicted octanol–water partition coefficient (Wildman–Crippen LogP) is 5.14. The molecule has 0 atom stereocenters. The van der Waals surface area contributed by atoms with Gasteiger partial charge < -0.3 is 10.2 Å². The zero-order valence-electron chi connectivity index (χ0n) is 18.2. The molecule has 4 nitrogen and oxygen atoms in total. The Morgan fingerprint density at radius 1 is 1.00 bits per heavy atom. The van der Waals surface area contributed by atoms with Crippen molar-refractivity contribution in [2.75, 3.05) is 5.32 Å². The lowest BCUT2D eigenvalue weighted by atomic mass is 9.87. The second kappa shape index (κ2) is 8.02. The van der Waals surface area contributed by atoms with Crippen LogP contribution < -0.4 is 5.32 Å². The maximum atomic E-state index is 13.4. The number of anilines is 1. The number of benzene rings is 2. The molecule has 29 heavy (non-hydrogen) atoms. The molecule has 2 aromatic rings. The molecule has 1 N–H and O–H groups in total. The van der Waals surface area contributed by atoms with Gasteiger partial charge in [0, 0.05) is 18.3 Å². The third kappa shape index (κ3) is 4.69. The number of nitrogens with zero attached hydrogens (tertiary/aromatic N) is 1. The number of hydrogen-bond donors (Lipinski definition) is 1. The lowest BCUT2D eigenvalue weighted by Crippen LogP contribution is -2.45. The van der Waals surface area contributed by atoms with Crippen LogP contribution in [-0.4, -0.2) is 22.8 Å². The minimum Gasteiger partial charge on any atom is -0.335 e. The quantitative estimate of drug-likeness (QED) is 0.692. The molecule has 2 amide bonds. The molecule has 1 saturated carbocycles. The fourth-order valence-electron chi connectivity index (χ4n) is 3.51. The van der Waals surface area contributed by atoms with Gasteiger partial charge in [-0.1, -0.05) is 63.2 Å². The van der Waals surface area contributed by atoms with Crippen LogP contribution in [0.5, 0.6) is 0 Å². The first-order valence-corrected chi connectivity index (χ1v) is 10.4. The smallest absolute Gasteiger partial charge is 0.240 e. The number of nitrogens with one attached hydrogen (secondary N) is 1. The van der Waals surface area contributed by atoms with Crippen LogP contribution >= 0.6 is 0 Å². The highest BCUT2D eigenvalue weighted by Crippen LogP contribution is 2.48. The summed E-state index contributed by atoms with van der Waals surface area (Å²) in [7, 11) is 0. The topological polar surface area (TPSA) is 49.4 Å². The summed E-state index contributed by atoms with van der Waals surface area (Å²) in [6.45, 7) is 11.0. The van der Waals surface area contributed by atoms with E-state index in [0.29, 0.717) is 19.4 Å². The van der Waals surface area contributed by atoms with Crippen molar-refractivity contribution in [3.8, 4) is 0 Å². The van der Waals surface area contributed by atoms with Crippen molar-refractivity contribution in [1.82, 2.24) is 4.90 Å². The highest BCUT2D eigenvalue weighted by molar-refractivity contribution is 6.13. The molecule has 0 aliphatic heterocycles. The third-order valence-electron chi connectivity index (χ3n) is 5.68. The molecule has 2 aromatic carbocycles. The van der Waals surface area contributed by atoms with Crippen LogP contribution in [0.2, 0.25) is 0 Å². The van der Waals surface area contributed by atoms with Crippen LogP contribution in [0.1, 0.15) is 58.6 Å². The Hall–Kier alpha value is -2.62. The Balaban J connectivity index is 1.73.